The fourth-order valence-corrected chi connectivity index (χ4v) is 1.15. The summed E-state index contributed by atoms with van der Waals surface area (Å²) in [6, 6.07) is 0. The molecule has 0 aliphatic carbocycles. The first-order valence-corrected chi connectivity index (χ1v) is 8.06. The number of carbonyl (C=O) groups excluding carboxylic acids is 2. The Labute approximate surface area is 142 Å². The molecule has 0 aromatic carbocycles. The van der Waals surface area contributed by atoms with Crippen LogP contribution in [-0.2, 0) is 9.59 Å². The van der Waals surface area contributed by atoms with E-state index in [9.17, 15) is 14.8 Å². The van der Waals surface area contributed by atoms with Crippen LogP contribution in [0.1, 0.15) is 83.1 Å². The minimum atomic E-state index is -0.526. The number of carbonyl (C=O) groups is 2. The summed E-state index contributed by atoms with van der Waals surface area (Å²) in [7, 11) is 0. The lowest BCUT2D eigenvalue weighted by molar-refractivity contribution is -0.195. The van der Waals surface area contributed by atoms with Gasteiger partial charge in [0.2, 0.25) is 5.91 Å². The molecule has 0 bridgehead atoms. The van der Waals surface area contributed by atoms with Crippen molar-refractivity contribution in [3.05, 3.63) is 0 Å². The third-order valence-corrected chi connectivity index (χ3v) is 2.64. The van der Waals surface area contributed by atoms with Gasteiger partial charge in [-0.2, -0.15) is 0 Å². The van der Waals surface area contributed by atoms with Crippen LogP contribution in [0.2, 0.25) is 0 Å². The van der Waals surface area contributed by atoms with E-state index >= 15 is 0 Å². The molecule has 0 unspecified atom stereocenters. The maximum absolute atomic E-state index is 11.5. The summed E-state index contributed by atoms with van der Waals surface area (Å²) in [4.78, 5) is 22.9. The van der Waals surface area contributed by atoms with Crippen LogP contribution in [0.25, 0.3) is 0 Å². The minimum absolute atomic E-state index is 0.102. The summed E-state index contributed by atoms with van der Waals surface area (Å²) >= 11 is 0. The highest BCUT2D eigenvalue weighted by atomic mass is 16.5. The lowest BCUT2D eigenvalue weighted by Crippen LogP contribution is -2.47. The summed E-state index contributed by atoms with van der Waals surface area (Å²) < 4.78 is 0. The molecule has 0 aliphatic rings. The fourth-order valence-electron chi connectivity index (χ4n) is 1.15. The molecule has 0 saturated carbocycles. The van der Waals surface area contributed by atoms with Gasteiger partial charge in [0.25, 0.3) is 5.91 Å². The van der Waals surface area contributed by atoms with E-state index in [-0.39, 0.29) is 22.8 Å². The number of hydrogen-bond donors (Lipinski definition) is 2. The molecule has 23 heavy (non-hydrogen) atoms. The fraction of sp³-hybridized carbons (Fsp3) is 0.889. The Morgan fingerprint density at radius 3 is 1.17 bits per heavy atom. The summed E-state index contributed by atoms with van der Waals surface area (Å²) in [5.74, 6) is -0.153. The van der Waals surface area contributed by atoms with Crippen molar-refractivity contribution in [3.63, 3.8) is 0 Å². The number of hydrogen-bond acceptors (Lipinski definition) is 3. The molecule has 0 rings (SSSR count). The van der Waals surface area contributed by atoms with Gasteiger partial charge in [0.05, 0.1) is 5.54 Å². The quantitative estimate of drug-likeness (QED) is 0.521. The monoisotopic (exact) mass is 330 g/mol. The second-order valence-electron chi connectivity index (χ2n) is 9.99. The SMILES string of the molecule is CC(C)(C)C(=O)N(O)C(C)(C)C.CC(C)(C)NC(=O)C(C)(C)C. The highest BCUT2D eigenvalue weighted by Gasteiger charge is 2.33. The van der Waals surface area contributed by atoms with E-state index in [4.69, 9.17) is 0 Å². The van der Waals surface area contributed by atoms with Crippen molar-refractivity contribution in [2.45, 2.75) is 94.2 Å². The van der Waals surface area contributed by atoms with E-state index in [1.54, 1.807) is 41.5 Å². The minimum Gasteiger partial charge on any atom is -0.351 e. The molecular weight excluding hydrogens is 292 g/mol. The first kappa shape index (κ1) is 24.2. The Morgan fingerprint density at radius 1 is 0.739 bits per heavy atom. The van der Waals surface area contributed by atoms with Crippen molar-refractivity contribution in [2.75, 3.05) is 0 Å². The van der Waals surface area contributed by atoms with Crippen molar-refractivity contribution in [1.82, 2.24) is 10.4 Å². The third-order valence-electron chi connectivity index (χ3n) is 2.64. The van der Waals surface area contributed by atoms with Gasteiger partial charge in [-0.25, -0.2) is 5.06 Å². The standard InChI is InChI=1S/C9H19NO2.C9H19NO/c1-8(2,3)7(11)10(12)9(4,5)6;1-8(2,3)7(11)10-9(4,5)6/h12H,1-6H3;1-6H3,(H,10,11). The van der Waals surface area contributed by atoms with Crippen LogP contribution in [0, 0.1) is 10.8 Å². The summed E-state index contributed by atoms with van der Waals surface area (Å²) in [6.45, 7) is 22.4. The Morgan fingerprint density at radius 2 is 1.09 bits per heavy atom. The molecule has 5 nitrogen and oxygen atoms in total. The zero-order chi connectivity index (χ0) is 19.4. The maximum Gasteiger partial charge on any atom is 0.251 e. The smallest absolute Gasteiger partial charge is 0.251 e. The van der Waals surface area contributed by atoms with Gasteiger partial charge in [-0.1, -0.05) is 41.5 Å². The Hall–Kier alpha value is -1.10. The normalized spacial score (nSPS) is 12.9. The Bertz CT molecular complexity index is 402. The van der Waals surface area contributed by atoms with Crippen LogP contribution in [0.5, 0.6) is 0 Å². The number of rotatable bonds is 0. The molecule has 138 valence electrons. The predicted octanol–water partition coefficient (Wildman–Crippen LogP) is 4.00. The molecule has 0 aromatic rings. The molecule has 5 heteroatoms. The van der Waals surface area contributed by atoms with E-state index in [0.717, 1.165) is 5.06 Å². The summed E-state index contributed by atoms with van der Waals surface area (Å²) in [6.07, 6.45) is 0. The van der Waals surface area contributed by atoms with Crippen LogP contribution in [-0.4, -0.2) is 33.2 Å². The first-order valence-electron chi connectivity index (χ1n) is 8.06. The Kier molecular flexibility index (Phi) is 8.03. The largest absolute Gasteiger partial charge is 0.351 e. The first-order chi connectivity index (χ1) is 9.69. The number of hydroxylamine groups is 2. The predicted molar refractivity (Wildman–Crippen MR) is 95.2 cm³/mol. The van der Waals surface area contributed by atoms with Crippen molar-refractivity contribution in [1.29, 1.82) is 0 Å². The molecular formula is C18H38N2O3. The highest BCUT2D eigenvalue weighted by molar-refractivity contribution is 5.82. The molecule has 2 amide bonds. The molecule has 0 fully saturated rings. The van der Waals surface area contributed by atoms with E-state index in [1.165, 1.54) is 0 Å². The molecule has 0 radical (unpaired) electrons. The van der Waals surface area contributed by atoms with Crippen molar-refractivity contribution < 1.29 is 14.8 Å². The average Bonchev–Trinajstić information content (AvgIpc) is 2.21. The van der Waals surface area contributed by atoms with Crippen LogP contribution < -0.4 is 5.32 Å². The lowest BCUT2D eigenvalue weighted by Gasteiger charge is -2.33. The van der Waals surface area contributed by atoms with Gasteiger partial charge in [-0.3, -0.25) is 14.8 Å². The topological polar surface area (TPSA) is 69.6 Å². The molecule has 2 N–H and O–H groups in total. The van der Waals surface area contributed by atoms with Gasteiger partial charge in [0, 0.05) is 16.4 Å². The highest BCUT2D eigenvalue weighted by Crippen LogP contribution is 2.21. The molecule has 0 saturated heterocycles. The average molecular weight is 331 g/mol. The van der Waals surface area contributed by atoms with Crippen LogP contribution >= 0.6 is 0 Å². The zero-order valence-corrected chi connectivity index (χ0v) is 17.2. The molecule has 0 aromatic heterocycles. The van der Waals surface area contributed by atoms with E-state index < -0.39 is 11.0 Å². The molecule has 0 spiro atoms. The van der Waals surface area contributed by atoms with Crippen molar-refractivity contribution in [3.8, 4) is 0 Å². The van der Waals surface area contributed by atoms with Crippen LogP contribution in [0.4, 0.5) is 0 Å². The van der Waals surface area contributed by atoms with E-state index in [1.807, 2.05) is 41.5 Å². The van der Waals surface area contributed by atoms with E-state index in [0.29, 0.717) is 0 Å². The van der Waals surface area contributed by atoms with E-state index in [2.05, 4.69) is 5.32 Å². The second-order valence-corrected chi connectivity index (χ2v) is 9.99. The summed E-state index contributed by atoms with van der Waals surface area (Å²) in [5.41, 5.74) is -1.45. The number of nitrogens with zero attached hydrogens (tertiary/aromatic N) is 1. The van der Waals surface area contributed by atoms with Gasteiger partial charge < -0.3 is 5.32 Å². The van der Waals surface area contributed by atoms with Crippen LogP contribution in [0.3, 0.4) is 0 Å². The Balaban J connectivity index is 0. The number of nitrogens with one attached hydrogen (secondary N) is 1. The maximum atomic E-state index is 11.5. The number of amides is 2. The second kappa shape index (κ2) is 7.65. The van der Waals surface area contributed by atoms with Crippen molar-refractivity contribution in [2.24, 2.45) is 10.8 Å². The molecule has 0 atom stereocenters. The van der Waals surface area contributed by atoms with Gasteiger partial charge in [-0.05, 0) is 41.5 Å². The zero-order valence-electron chi connectivity index (χ0n) is 17.2. The van der Waals surface area contributed by atoms with Crippen molar-refractivity contribution >= 4 is 11.8 Å². The van der Waals surface area contributed by atoms with Gasteiger partial charge in [0.1, 0.15) is 0 Å². The lowest BCUT2D eigenvalue weighted by atomic mass is 9.93. The van der Waals surface area contributed by atoms with Gasteiger partial charge in [0.15, 0.2) is 0 Å². The molecule has 0 heterocycles. The van der Waals surface area contributed by atoms with Gasteiger partial charge in [-0.15, -0.1) is 0 Å². The third kappa shape index (κ3) is 11.1. The van der Waals surface area contributed by atoms with Gasteiger partial charge >= 0.3 is 0 Å². The summed E-state index contributed by atoms with van der Waals surface area (Å²) in [5, 5.41) is 13.2. The van der Waals surface area contributed by atoms with Crippen LogP contribution in [0.15, 0.2) is 0 Å². The molecule has 0 aliphatic heterocycles.